The summed E-state index contributed by atoms with van der Waals surface area (Å²) in [5, 5.41) is 11.5. The number of nitrogens with one attached hydrogen (secondary N) is 1. The smallest absolute Gasteiger partial charge is 0.238 e. The molecule has 0 bridgehead atoms. The Morgan fingerprint density at radius 1 is 1.14 bits per heavy atom. The molecule has 1 heterocycles. The summed E-state index contributed by atoms with van der Waals surface area (Å²) in [7, 11) is 0. The SMILES string of the molecule is Cc1cc(Oc2ccc(CNC(C)(C)C)nn2)ccc1F. The molecule has 0 spiro atoms. The molecular formula is C16H20FN3O. The number of aryl methyl sites for hydroxylation is 1. The van der Waals surface area contributed by atoms with Crippen LogP contribution in [0, 0.1) is 12.7 Å². The molecule has 21 heavy (non-hydrogen) atoms. The minimum absolute atomic E-state index is 0.0302. The molecule has 0 aliphatic heterocycles. The number of ether oxygens (including phenoxy) is 1. The molecule has 0 atom stereocenters. The molecule has 1 aromatic heterocycles. The summed E-state index contributed by atoms with van der Waals surface area (Å²) < 4.78 is 18.7. The fourth-order valence-corrected chi connectivity index (χ4v) is 1.65. The van der Waals surface area contributed by atoms with Crippen LogP contribution in [0.4, 0.5) is 4.39 Å². The summed E-state index contributed by atoms with van der Waals surface area (Å²) in [6.07, 6.45) is 0. The minimum Gasteiger partial charge on any atom is -0.438 e. The first kappa shape index (κ1) is 15.4. The van der Waals surface area contributed by atoms with Crippen molar-refractivity contribution in [1.29, 1.82) is 0 Å². The molecule has 0 aliphatic rings. The monoisotopic (exact) mass is 289 g/mol. The second-order valence-corrected chi connectivity index (χ2v) is 5.98. The number of rotatable bonds is 4. The van der Waals surface area contributed by atoms with E-state index >= 15 is 0 Å². The van der Waals surface area contributed by atoms with Crippen LogP contribution in [0.3, 0.4) is 0 Å². The van der Waals surface area contributed by atoms with Gasteiger partial charge in [-0.15, -0.1) is 5.10 Å². The third-order valence-electron chi connectivity index (χ3n) is 2.85. The van der Waals surface area contributed by atoms with Crippen molar-refractivity contribution in [3.05, 3.63) is 47.4 Å². The topological polar surface area (TPSA) is 47.0 Å². The maximum absolute atomic E-state index is 13.2. The molecule has 1 N–H and O–H groups in total. The molecule has 0 fully saturated rings. The van der Waals surface area contributed by atoms with Crippen molar-refractivity contribution in [3.8, 4) is 11.6 Å². The highest BCUT2D eigenvalue weighted by Crippen LogP contribution is 2.21. The van der Waals surface area contributed by atoms with Crippen LogP contribution in [0.5, 0.6) is 11.6 Å². The normalized spacial score (nSPS) is 11.5. The first-order chi connectivity index (χ1) is 9.83. The average Bonchev–Trinajstić information content (AvgIpc) is 2.41. The molecule has 112 valence electrons. The summed E-state index contributed by atoms with van der Waals surface area (Å²) in [6.45, 7) is 8.61. The van der Waals surface area contributed by atoms with E-state index in [0.29, 0.717) is 23.7 Å². The van der Waals surface area contributed by atoms with Gasteiger partial charge in [-0.05, 0) is 57.5 Å². The second-order valence-electron chi connectivity index (χ2n) is 5.98. The van der Waals surface area contributed by atoms with Crippen molar-refractivity contribution >= 4 is 0 Å². The molecule has 2 aromatic rings. The molecule has 0 aliphatic carbocycles. The number of aromatic nitrogens is 2. The zero-order chi connectivity index (χ0) is 15.5. The Hall–Kier alpha value is -2.01. The van der Waals surface area contributed by atoms with E-state index in [1.807, 2.05) is 6.07 Å². The Bertz CT molecular complexity index is 606. The minimum atomic E-state index is -0.253. The van der Waals surface area contributed by atoms with Crippen molar-refractivity contribution in [1.82, 2.24) is 15.5 Å². The quantitative estimate of drug-likeness (QED) is 0.934. The van der Waals surface area contributed by atoms with E-state index in [9.17, 15) is 4.39 Å². The van der Waals surface area contributed by atoms with E-state index in [-0.39, 0.29) is 11.4 Å². The van der Waals surface area contributed by atoms with Gasteiger partial charge in [0, 0.05) is 18.2 Å². The van der Waals surface area contributed by atoms with Gasteiger partial charge in [0.2, 0.25) is 5.88 Å². The van der Waals surface area contributed by atoms with Crippen LogP contribution in [0.2, 0.25) is 0 Å². The van der Waals surface area contributed by atoms with Gasteiger partial charge >= 0.3 is 0 Å². The third kappa shape index (κ3) is 4.79. The number of hydrogen-bond acceptors (Lipinski definition) is 4. The van der Waals surface area contributed by atoms with Crippen LogP contribution >= 0.6 is 0 Å². The van der Waals surface area contributed by atoms with E-state index in [1.165, 1.54) is 6.07 Å². The van der Waals surface area contributed by atoms with Gasteiger partial charge in [0.15, 0.2) is 0 Å². The summed E-state index contributed by atoms with van der Waals surface area (Å²) in [5.74, 6) is 0.682. The van der Waals surface area contributed by atoms with Crippen LogP contribution in [0.1, 0.15) is 32.0 Å². The highest BCUT2D eigenvalue weighted by Gasteiger charge is 2.09. The summed E-state index contributed by atoms with van der Waals surface area (Å²) >= 11 is 0. The van der Waals surface area contributed by atoms with Crippen LogP contribution in [-0.2, 0) is 6.54 Å². The highest BCUT2D eigenvalue weighted by atomic mass is 19.1. The molecule has 0 saturated heterocycles. The van der Waals surface area contributed by atoms with E-state index in [0.717, 1.165) is 5.69 Å². The van der Waals surface area contributed by atoms with Gasteiger partial charge in [-0.2, -0.15) is 5.10 Å². The second kappa shape index (κ2) is 6.18. The van der Waals surface area contributed by atoms with Crippen LogP contribution in [0.15, 0.2) is 30.3 Å². The lowest BCUT2D eigenvalue weighted by Crippen LogP contribution is -2.35. The zero-order valence-corrected chi connectivity index (χ0v) is 12.8. The molecule has 0 amide bonds. The Morgan fingerprint density at radius 2 is 1.90 bits per heavy atom. The third-order valence-corrected chi connectivity index (χ3v) is 2.85. The highest BCUT2D eigenvalue weighted by molar-refractivity contribution is 5.31. The molecule has 4 nitrogen and oxygen atoms in total. The molecular weight excluding hydrogens is 269 g/mol. The van der Waals surface area contributed by atoms with Crippen molar-refractivity contribution in [2.45, 2.75) is 39.8 Å². The van der Waals surface area contributed by atoms with Gasteiger partial charge in [-0.25, -0.2) is 4.39 Å². The van der Waals surface area contributed by atoms with Crippen molar-refractivity contribution in [2.75, 3.05) is 0 Å². The molecule has 0 unspecified atom stereocenters. The van der Waals surface area contributed by atoms with E-state index in [2.05, 4.69) is 36.3 Å². The largest absolute Gasteiger partial charge is 0.438 e. The van der Waals surface area contributed by atoms with Crippen molar-refractivity contribution in [2.24, 2.45) is 0 Å². The zero-order valence-electron chi connectivity index (χ0n) is 12.8. The number of benzene rings is 1. The maximum atomic E-state index is 13.2. The van der Waals surface area contributed by atoms with Gasteiger partial charge in [0.1, 0.15) is 11.6 Å². The Labute approximate surface area is 124 Å². The van der Waals surface area contributed by atoms with Gasteiger partial charge in [0.05, 0.1) is 5.69 Å². The van der Waals surface area contributed by atoms with E-state index in [1.54, 1.807) is 25.1 Å². The fourth-order valence-electron chi connectivity index (χ4n) is 1.65. The predicted molar refractivity (Wildman–Crippen MR) is 79.8 cm³/mol. The van der Waals surface area contributed by atoms with E-state index < -0.39 is 0 Å². The number of halogens is 1. The first-order valence-corrected chi connectivity index (χ1v) is 6.85. The van der Waals surface area contributed by atoms with Crippen LogP contribution in [-0.4, -0.2) is 15.7 Å². The van der Waals surface area contributed by atoms with Crippen molar-refractivity contribution < 1.29 is 9.13 Å². The molecule has 0 saturated carbocycles. The van der Waals surface area contributed by atoms with Crippen molar-refractivity contribution in [3.63, 3.8) is 0 Å². The summed E-state index contributed by atoms with van der Waals surface area (Å²) in [5.41, 5.74) is 1.40. The average molecular weight is 289 g/mol. The molecule has 1 aromatic carbocycles. The maximum Gasteiger partial charge on any atom is 0.238 e. The Kier molecular flexibility index (Phi) is 4.53. The summed E-state index contributed by atoms with van der Waals surface area (Å²) in [6, 6.07) is 8.19. The number of nitrogens with zero attached hydrogens (tertiary/aromatic N) is 2. The van der Waals surface area contributed by atoms with E-state index in [4.69, 9.17) is 4.74 Å². The van der Waals surface area contributed by atoms with Crippen LogP contribution in [0.25, 0.3) is 0 Å². The number of hydrogen-bond donors (Lipinski definition) is 1. The van der Waals surface area contributed by atoms with Gasteiger partial charge in [0.25, 0.3) is 0 Å². The lowest BCUT2D eigenvalue weighted by Gasteiger charge is -2.19. The Morgan fingerprint density at radius 3 is 2.48 bits per heavy atom. The molecule has 2 rings (SSSR count). The molecule has 0 radical (unpaired) electrons. The Balaban J connectivity index is 2.00. The lowest BCUT2D eigenvalue weighted by molar-refractivity contribution is 0.416. The van der Waals surface area contributed by atoms with Gasteiger partial charge in [-0.3, -0.25) is 0 Å². The lowest BCUT2D eigenvalue weighted by atomic mass is 10.1. The van der Waals surface area contributed by atoms with Gasteiger partial charge in [-0.1, -0.05) is 0 Å². The standard InChI is InChI=1S/C16H20FN3O/c1-11-9-13(6-7-14(11)17)21-15-8-5-12(19-20-15)10-18-16(2,3)4/h5-9,18H,10H2,1-4H3. The fraction of sp³-hybridized carbons (Fsp3) is 0.375. The first-order valence-electron chi connectivity index (χ1n) is 6.85. The van der Waals surface area contributed by atoms with Gasteiger partial charge < -0.3 is 10.1 Å². The predicted octanol–water partition coefficient (Wildman–Crippen LogP) is 3.60. The van der Waals surface area contributed by atoms with Crippen LogP contribution < -0.4 is 10.1 Å². The molecule has 5 heteroatoms. The summed E-state index contributed by atoms with van der Waals surface area (Å²) in [4.78, 5) is 0.